The van der Waals surface area contributed by atoms with Gasteiger partial charge in [-0.15, -0.1) is 0 Å². The molecule has 4 nitrogen and oxygen atoms in total. The van der Waals surface area contributed by atoms with E-state index in [0.29, 0.717) is 16.5 Å². The lowest BCUT2D eigenvalue weighted by atomic mass is 9.81. The molecule has 3 aliphatic rings. The smallest absolute Gasteiger partial charge is 0.154 e. The van der Waals surface area contributed by atoms with Crippen LogP contribution in [0.2, 0.25) is 5.02 Å². The van der Waals surface area contributed by atoms with E-state index in [4.69, 9.17) is 21.1 Å². The van der Waals surface area contributed by atoms with Crippen LogP contribution < -0.4 is 4.74 Å². The maximum atomic E-state index is 13.2. The molecular weight excluding hydrogens is 376 g/mol. The van der Waals surface area contributed by atoms with Crippen molar-refractivity contribution in [2.45, 2.75) is 44.8 Å². The summed E-state index contributed by atoms with van der Waals surface area (Å²) in [6.45, 7) is 3.88. The number of carbonyl (C=O) groups is 2. The standard InChI is InChI=1S/C23H21ClO4/c1-11-9-15(27-14-5-3-13(24)4-6-14)10-12(2)18(11)21-22(25)19-16-7-8-17(28-16)20(19)23(21)26/h3-6,9-10,16-17,19-21H,7-8H2,1-2H3/t16-,17+,19-,20+,21?. The molecule has 1 unspecified atom stereocenters. The number of rotatable bonds is 3. The van der Waals surface area contributed by atoms with Crippen LogP contribution in [0.3, 0.4) is 0 Å². The SMILES string of the molecule is Cc1cc(Oc2ccc(Cl)cc2)cc(C)c1C1C(=O)[C@@H]2[C@H](C1=O)[C@H]1CC[C@@H]2O1. The Hall–Kier alpha value is -2.17. The van der Waals surface area contributed by atoms with Gasteiger partial charge in [0.05, 0.1) is 24.0 Å². The Kier molecular flexibility index (Phi) is 4.11. The van der Waals surface area contributed by atoms with Crippen molar-refractivity contribution in [1.82, 2.24) is 0 Å². The fraction of sp³-hybridized carbons (Fsp3) is 0.391. The van der Waals surface area contributed by atoms with Crippen LogP contribution in [0.25, 0.3) is 0 Å². The second-order valence-electron chi connectivity index (χ2n) is 8.11. The highest BCUT2D eigenvalue weighted by atomic mass is 35.5. The van der Waals surface area contributed by atoms with Gasteiger partial charge in [-0.2, -0.15) is 0 Å². The van der Waals surface area contributed by atoms with Crippen LogP contribution in [0.4, 0.5) is 0 Å². The van der Waals surface area contributed by atoms with Gasteiger partial charge in [0.1, 0.15) is 17.4 Å². The van der Waals surface area contributed by atoms with Crippen LogP contribution in [0.15, 0.2) is 36.4 Å². The first-order valence-corrected chi connectivity index (χ1v) is 10.1. The van der Waals surface area contributed by atoms with Crippen molar-refractivity contribution in [1.29, 1.82) is 0 Å². The molecule has 3 fully saturated rings. The van der Waals surface area contributed by atoms with Crippen molar-refractivity contribution in [3.63, 3.8) is 0 Å². The van der Waals surface area contributed by atoms with E-state index in [-0.39, 0.29) is 35.6 Å². The van der Waals surface area contributed by atoms with E-state index in [1.807, 2.05) is 38.1 Å². The highest BCUT2D eigenvalue weighted by molar-refractivity contribution is 6.30. The highest BCUT2D eigenvalue weighted by Gasteiger charge is 2.63. The van der Waals surface area contributed by atoms with Gasteiger partial charge in [-0.05, 0) is 79.8 Å². The number of benzene rings is 2. The summed E-state index contributed by atoms with van der Waals surface area (Å²) in [7, 11) is 0. The molecular formula is C23H21ClO4. The highest BCUT2D eigenvalue weighted by Crippen LogP contribution is 2.53. The van der Waals surface area contributed by atoms with E-state index < -0.39 is 5.92 Å². The molecule has 2 heterocycles. The van der Waals surface area contributed by atoms with Crippen molar-refractivity contribution in [3.05, 3.63) is 58.1 Å². The van der Waals surface area contributed by atoms with Crippen molar-refractivity contribution >= 4 is 23.2 Å². The number of aryl methyl sites for hydroxylation is 2. The minimum absolute atomic E-state index is 0.0415. The molecule has 2 aromatic rings. The summed E-state index contributed by atoms with van der Waals surface area (Å²) in [5, 5.41) is 0.650. The summed E-state index contributed by atoms with van der Waals surface area (Å²) in [6, 6.07) is 11.0. The Morgan fingerprint density at radius 3 is 1.96 bits per heavy atom. The van der Waals surface area contributed by atoms with Gasteiger partial charge in [-0.1, -0.05) is 11.6 Å². The first kappa shape index (κ1) is 17.9. The maximum absolute atomic E-state index is 13.2. The second-order valence-corrected chi connectivity index (χ2v) is 8.54. The molecule has 5 rings (SSSR count). The van der Waals surface area contributed by atoms with Gasteiger partial charge in [0, 0.05) is 5.02 Å². The fourth-order valence-corrected chi connectivity index (χ4v) is 5.42. The number of fused-ring (bicyclic) bond motifs is 5. The summed E-state index contributed by atoms with van der Waals surface area (Å²) in [6.07, 6.45) is 1.65. The third-order valence-corrected chi connectivity index (χ3v) is 6.66. The van der Waals surface area contributed by atoms with Crippen molar-refractivity contribution < 1.29 is 19.1 Å². The first-order valence-electron chi connectivity index (χ1n) is 9.71. The summed E-state index contributed by atoms with van der Waals surface area (Å²) in [5.41, 5.74) is 2.65. The normalized spacial score (nSPS) is 30.8. The van der Waals surface area contributed by atoms with Crippen LogP contribution in [0, 0.1) is 25.7 Å². The number of hydrogen-bond donors (Lipinski definition) is 0. The number of halogens is 1. The molecule has 28 heavy (non-hydrogen) atoms. The molecule has 0 spiro atoms. The van der Waals surface area contributed by atoms with Crippen LogP contribution in [-0.4, -0.2) is 23.8 Å². The topological polar surface area (TPSA) is 52.6 Å². The van der Waals surface area contributed by atoms with Crippen LogP contribution in [0.1, 0.15) is 35.4 Å². The fourth-order valence-electron chi connectivity index (χ4n) is 5.30. The number of Topliss-reactive ketones (excluding diaryl/α,β-unsaturated/α-hetero) is 2. The number of carbonyl (C=O) groups excluding carboxylic acids is 2. The minimum atomic E-state index is -0.661. The zero-order valence-corrected chi connectivity index (χ0v) is 16.5. The van der Waals surface area contributed by atoms with Gasteiger partial charge >= 0.3 is 0 Å². The number of ketones is 2. The lowest BCUT2D eigenvalue weighted by Gasteiger charge is -2.18. The Balaban J connectivity index is 1.47. The van der Waals surface area contributed by atoms with E-state index in [2.05, 4.69) is 0 Å². The van der Waals surface area contributed by atoms with Crippen molar-refractivity contribution in [2.75, 3.05) is 0 Å². The van der Waals surface area contributed by atoms with Gasteiger partial charge < -0.3 is 9.47 Å². The summed E-state index contributed by atoms with van der Waals surface area (Å²) in [4.78, 5) is 26.3. The molecule has 1 aliphatic carbocycles. The predicted molar refractivity (Wildman–Crippen MR) is 105 cm³/mol. The monoisotopic (exact) mass is 396 g/mol. The van der Waals surface area contributed by atoms with Crippen LogP contribution >= 0.6 is 11.6 Å². The quantitative estimate of drug-likeness (QED) is 0.701. The molecule has 0 radical (unpaired) electrons. The lowest BCUT2D eigenvalue weighted by molar-refractivity contribution is -0.127. The maximum Gasteiger partial charge on any atom is 0.154 e. The number of hydrogen-bond acceptors (Lipinski definition) is 4. The molecule has 144 valence electrons. The molecule has 2 bridgehead atoms. The van der Waals surface area contributed by atoms with E-state index in [0.717, 1.165) is 29.5 Å². The molecule has 5 atom stereocenters. The Morgan fingerprint density at radius 1 is 0.893 bits per heavy atom. The molecule has 0 amide bonds. The third-order valence-electron chi connectivity index (χ3n) is 6.40. The van der Waals surface area contributed by atoms with Gasteiger partial charge in [0.15, 0.2) is 11.6 Å². The van der Waals surface area contributed by atoms with E-state index in [1.165, 1.54) is 0 Å². The van der Waals surface area contributed by atoms with Crippen molar-refractivity contribution in [2.24, 2.45) is 11.8 Å². The van der Waals surface area contributed by atoms with Crippen LogP contribution in [-0.2, 0) is 14.3 Å². The van der Waals surface area contributed by atoms with Gasteiger partial charge in [0.2, 0.25) is 0 Å². The Bertz CT molecular complexity index is 930. The minimum Gasteiger partial charge on any atom is -0.457 e. The zero-order valence-electron chi connectivity index (χ0n) is 15.8. The third kappa shape index (κ3) is 2.62. The van der Waals surface area contributed by atoms with E-state index in [1.54, 1.807) is 12.1 Å². The van der Waals surface area contributed by atoms with Gasteiger partial charge in [0.25, 0.3) is 0 Å². The number of ether oxygens (including phenoxy) is 2. The molecule has 2 aliphatic heterocycles. The summed E-state index contributed by atoms with van der Waals surface area (Å²) >= 11 is 5.92. The average molecular weight is 397 g/mol. The van der Waals surface area contributed by atoms with Crippen LogP contribution in [0.5, 0.6) is 11.5 Å². The molecule has 0 aromatic heterocycles. The van der Waals surface area contributed by atoms with E-state index >= 15 is 0 Å². The average Bonchev–Trinajstić information content (AvgIpc) is 3.33. The largest absolute Gasteiger partial charge is 0.457 e. The predicted octanol–water partition coefficient (Wildman–Crippen LogP) is 4.78. The van der Waals surface area contributed by atoms with E-state index in [9.17, 15) is 9.59 Å². The molecule has 5 heteroatoms. The zero-order chi connectivity index (χ0) is 19.6. The molecule has 2 aromatic carbocycles. The Morgan fingerprint density at radius 2 is 1.43 bits per heavy atom. The summed E-state index contributed by atoms with van der Waals surface area (Å²) < 4.78 is 11.8. The van der Waals surface area contributed by atoms with Gasteiger partial charge in [-0.3, -0.25) is 9.59 Å². The molecule has 1 saturated carbocycles. The molecule has 2 saturated heterocycles. The Labute approximate surface area is 168 Å². The van der Waals surface area contributed by atoms with Gasteiger partial charge in [-0.25, -0.2) is 0 Å². The van der Waals surface area contributed by atoms with Crippen molar-refractivity contribution in [3.8, 4) is 11.5 Å². The second kappa shape index (κ2) is 6.43. The first-order chi connectivity index (χ1) is 13.4. The summed E-state index contributed by atoms with van der Waals surface area (Å²) in [5.74, 6) is 0.293. The molecule has 0 N–H and O–H groups in total. The lowest BCUT2D eigenvalue weighted by Crippen LogP contribution is -2.29.